The van der Waals surface area contributed by atoms with Gasteiger partial charge in [-0.15, -0.1) is 0 Å². The molecular weight excluding hydrogens is 350 g/mol. The molecule has 134 valence electrons. The number of rotatable bonds is 3. The smallest absolute Gasteiger partial charge is 0.251 e. The molecule has 1 atom stereocenters. The molecule has 1 unspecified atom stereocenters. The second-order valence-electron chi connectivity index (χ2n) is 6.70. The second kappa shape index (κ2) is 6.25. The fourth-order valence-electron chi connectivity index (χ4n) is 3.36. The summed E-state index contributed by atoms with van der Waals surface area (Å²) in [7, 11) is -1.12. The molecule has 1 aromatic heterocycles. The van der Waals surface area contributed by atoms with Crippen molar-refractivity contribution in [1.82, 2.24) is 15.1 Å². The molecule has 0 spiro atoms. The highest BCUT2D eigenvalue weighted by Crippen LogP contribution is 2.25. The lowest BCUT2D eigenvalue weighted by molar-refractivity contribution is 0.0941. The first-order valence-corrected chi connectivity index (χ1v) is 10.3. The highest BCUT2D eigenvalue weighted by atomic mass is 32.2. The maximum atomic E-state index is 12.5. The maximum Gasteiger partial charge on any atom is 0.251 e. The molecule has 6 nitrogen and oxygen atoms in total. The first kappa shape index (κ1) is 16.8. The Kier molecular flexibility index (Phi) is 4.03. The van der Waals surface area contributed by atoms with Crippen LogP contribution in [-0.4, -0.2) is 41.7 Å². The summed E-state index contributed by atoms with van der Waals surface area (Å²) in [6, 6.07) is 13.1. The number of carbonyl (C=O) groups excluding carboxylic acids is 1. The fraction of sp³-hybridized carbons (Fsp3) is 0.263. The minimum absolute atomic E-state index is 0.0239. The molecular formula is C19H19N3O3S. The van der Waals surface area contributed by atoms with Crippen LogP contribution in [0.4, 0.5) is 0 Å². The maximum absolute atomic E-state index is 12.5. The number of sulfone groups is 1. The molecule has 1 fully saturated rings. The van der Waals surface area contributed by atoms with E-state index in [1.807, 2.05) is 54.3 Å². The van der Waals surface area contributed by atoms with Gasteiger partial charge < -0.3 is 5.32 Å². The predicted octanol–water partition coefficient (Wildman–Crippen LogP) is 2.16. The Bertz CT molecular complexity index is 1100. The van der Waals surface area contributed by atoms with Crippen molar-refractivity contribution in [2.75, 3.05) is 11.5 Å². The van der Waals surface area contributed by atoms with E-state index >= 15 is 0 Å². The summed E-state index contributed by atoms with van der Waals surface area (Å²) in [5.41, 5.74) is 3.51. The van der Waals surface area contributed by atoms with Gasteiger partial charge in [0.15, 0.2) is 9.84 Å². The third kappa shape index (κ3) is 3.22. The normalized spacial score (nSPS) is 18.9. The molecule has 1 N–H and O–H groups in total. The highest BCUT2D eigenvalue weighted by molar-refractivity contribution is 7.91. The summed E-state index contributed by atoms with van der Waals surface area (Å²) >= 11 is 0. The quantitative estimate of drug-likeness (QED) is 0.767. The summed E-state index contributed by atoms with van der Waals surface area (Å²) in [6.45, 7) is 0. The van der Waals surface area contributed by atoms with Crippen molar-refractivity contribution in [1.29, 1.82) is 0 Å². The minimum Gasteiger partial charge on any atom is -0.348 e. The molecule has 1 amide bonds. The van der Waals surface area contributed by atoms with Crippen LogP contribution in [0.15, 0.2) is 48.7 Å². The van der Waals surface area contributed by atoms with Gasteiger partial charge in [-0.25, -0.2) is 8.42 Å². The van der Waals surface area contributed by atoms with E-state index in [4.69, 9.17) is 0 Å². The SMILES string of the molecule is Cn1ncc2cc(-c3cccc(C(=O)NC4CCS(=O)(=O)C4)c3)ccc21. The van der Waals surface area contributed by atoms with E-state index in [2.05, 4.69) is 10.4 Å². The Morgan fingerprint density at radius 1 is 1.19 bits per heavy atom. The molecule has 1 saturated heterocycles. The second-order valence-corrected chi connectivity index (χ2v) is 8.92. The Labute approximate surface area is 151 Å². The largest absolute Gasteiger partial charge is 0.348 e. The topological polar surface area (TPSA) is 81.1 Å². The third-order valence-electron chi connectivity index (χ3n) is 4.77. The van der Waals surface area contributed by atoms with Gasteiger partial charge in [0, 0.05) is 24.0 Å². The Morgan fingerprint density at radius 3 is 2.77 bits per heavy atom. The Morgan fingerprint density at radius 2 is 2.00 bits per heavy atom. The zero-order chi connectivity index (χ0) is 18.3. The summed E-state index contributed by atoms with van der Waals surface area (Å²) < 4.78 is 24.9. The van der Waals surface area contributed by atoms with Crippen molar-refractivity contribution in [3.63, 3.8) is 0 Å². The van der Waals surface area contributed by atoms with Gasteiger partial charge in [-0.3, -0.25) is 9.48 Å². The average molecular weight is 369 g/mol. The van der Waals surface area contributed by atoms with Crippen LogP contribution in [0.3, 0.4) is 0 Å². The minimum atomic E-state index is -3.02. The van der Waals surface area contributed by atoms with E-state index in [0.29, 0.717) is 12.0 Å². The van der Waals surface area contributed by atoms with Gasteiger partial charge >= 0.3 is 0 Å². The summed E-state index contributed by atoms with van der Waals surface area (Å²) in [6.07, 6.45) is 2.29. The fourth-order valence-corrected chi connectivity index (χ4v) is 5.03. The Hall–Kier alpha value is -2.67. The van der Waals surface area contributed by atoms with E-state index in [0.717, 1.165) is 22.0 Å². The number of hydrogen-bond acceptors (Lipinski definition) is 4. The van der Waals surface area contributed by atoms with Crippen molar-refractivity contribution in [3.8, 4) is 11.1 Å². The van der Waals surface area contributed by atoms with Gasteiger partial charge in [0.2, 0.25) is 0 Å². The molecule has 2 aromatic carbocycles. The first-order valence-electron chi connectivity index (χ1n) is 8.45. The zero-order valence-corrected chi connectivity index (χ0v) is 15.2. The molecule has 7 heteroatoms. The monoisotopic (exact) mass is 369 g/mol. The van der Waals surface area contributed by atoms with Gasteiger partial charge in [0.05, 0.1) is 23.2 Å². The van der Waals surface area contributed by atoms with Crippen LogP contribution >= 0.6 is 0 Å². The summed E-state index contributed by atoms with van der Waals surface area (Å²) in [5, 5.41) is 8.12. The number of nitrogens with zero attached hydrogens (tertiary/aromatic N) is 2. The third-order valence-corrected chi connectivity index (χ3v) is 6.54. The van der Waals surface area contributed by atoms with E-state index in [1.165, 1.54) is 0 Å². The number of amides is 1. The summed E-state index contributed by atoms with van der Waals surface area (Å²) in [5.74, 6) is -0.0735. The van der Waals surface area contributed by atoms with Crippen LogP contribution in [0.1, 0.15) is 16.8 Å². The number of nitrogens with one attached hydrogen (secondary N) is 1. The molecule has 1 aliphatic heterocycles. The van der Waals surface area contributed by atoms with Crippen molar-refractivity contribution in [2.45, 2.75) is 12.5 Å². The van der Waals surface area contributed by atoms with Gasteiger partial charge in [-0.1, -0.05) is 18.2 Å². The van der Waals surface area contributed by atoms with Crippen LogP contribution in [0, 0.1) is 0 Å². The van der Waals surface area contributed by atoms with Gasteiger partial charge in [-0.2, -0.15) is 5.10 Å². The molecule has 0 bridgehead atoms. The molecule has 0 radical (unpaired) electrons. The van der Waals surface area contributed by atoms with Gasteiger partial charge in [-0.05, 0) is 41.8 Å². The number of hydrogen-bond donors (Lipinski definition) is 1. The van der Waals surface area contributed by atoms with Crippen LogP contribution in [0.2, 0.25) is 0 Å². The average Bonchev–Trinajstić information content (AvgIpc) is 3.16. The number of fused-ring (bicyclic) bond motifs is 1. The summed E-state index contributed by atoms with van der Waals surface area (Å²) in [4.78, 5) is 12.5. The zero-order valence-electron chi connectivity index (χ0n) is 14.3. The number of aromatic nitrogens is 2. The molecule has 4 rings (SSSR count). The molecule has 26 heavy (non-hydrogen) atoms. The predicted molar refractivity (Wildman–Crippen MR) is 101 cm³/mol. The van der Waals surface area contributed by atoms with Gasteiger partial charge in [0.1, 0.15) is 0 Å². The molecule has 3 aromatic rings. The first-order chi connectivity index (χ1) is 12.4. The number of benzene rings is 2. The number of carbonyl (C=O) groups is 1. The Balaban J connectivity index is 1.58. The lowest BCUT2D eigenvalue weighted by Gasteiger charge is -2.11. The van der Waals surface area contributed by atoms with E-state index in [9.17, 15) is 13.2 Å². The molecule has 0 saturated carbocycles. The molecule has 0 aliphatic carbocycles. The van der Waals surface area contributed by atoms with E-state index in [1.54, 1.807) is 6.07 Å². The van der Waals surface area contributed by atoms with Crippen LogP contribution in [0.25, 0.3) is 22.0 Å². The van der Waals surface area contributed by atoms with Crippen molar-refractivity contribution < 1.29 is 13.2 Å². The van der Waals surface area contributed by atoms with Crippen LogP contribution in [0.5, 0.6) is 0 Å². The highest BCUT2D eigenvalue weighted by Gasteiger charge is 2.29. The van der Waals surface area contributed by atoms with Gasteiger partial charge in [0.25, 0.3) is 5.91 Å². The van der Waals surface area contributed by atoms with Crippen molar-refractivity contribution in [3.05, 3.63) is 54.2 Å². The lowest BCUT2D eigenvalue weighted by atomic mass is 10.0. The lowest BCUT2D eigenvalue weighted by Crippen LogP contribution is -2.35. The van der Waals surface area contributed by atoms with Crippen LogP contribution < -0.4 is 5.32 Å². The van der Waals surface area contributed by atoms with Crippen LogP contribution in [-0.2, 0) is 16.9 Å². The molecule has 2 heterocycles. The van der Waals surface area contributed by atoms with Crippen molar-refractivity contribution in [2.24, 2.45) is 7.05 Å². The molecule has 1 aliphatic rings. The standard InChI is InChI=1S/C19H19N3O3S/c1-22-18-6-5-14(10-16(18)11-20-22)13-3-2-4-15(9-13)19(23)21-17-7-8-26(24,25)12-17/h2-6,9-11,17H,7-8,12H2,1H3,(H,21,23). The number of aryl methyl sites for hydroxylation is 1. The van der Waals surface area contributed by atoms with E-state index in [-0.39, 0.29) is 23.5 Å². The van der Waals surface area contributed by atoms with Crippen molar-refractivity contribution >= 4 is 26.6 Å². The van der Waals surface area contributed by atoms with E-state index < -0.39 is 9.84 Å².